The van der Waals surface area contributed by atoms with Crippen molar-refractivity contribution >= 4 is 44.4 Å². The smallest absolute Gasteiger partial charge is 0.228 e. The summed E-state index contributed by atoms with van der Waals surface area (Å²) in [5, 5.41) is -0.257. The second-order valence-electron chi connectivity index (χ2n) is 4.16. The molecule has 1 aromatic rings. The molecule has 0 aliphatic carbocycles. The van der Waals surface area contributed by atoms with Crippen LogP contribution in [0, 0.1) is 11.6 Å². The van der Waals surface area contributed by atoms with Crippen LogP contribution < -0.4 is 4.90 Å². The Bertz CT molecular complexity index is 553. The van der Waals surface area contributed by atoms with Gasteiger partial charge in [0, 0.05) is 31.2 Å². The molecule has 1 aromatic carbocycles. The largest absolute Gasteiger partial charge is 0.310 e. The molecule has 0 radical (unpaired) electrons. The third-order valence-corrected chi connectivity index (χ3v) is 4.45. The van der Waals surface area contributed by atoms with Gasteiger partial charge in [0.15, 0.2) is 5.12 Å². The van der Waals surface area contributed by atoms with Gasteiger partial charge in [-0.05, 0) is 22.0 Å². The number of thioether (sulfide) groups is 1. The number of halogens is 3. The fraction of sp³-hybridized carbons (Fsp3) is 0.333. The van der Waals surface area contributed by atoms with E-state index in [-0.39, 0.29) is 39.4 Å². The standard InChI is InChI=1S/C12H10BrF2NO2S/c1-6(17)19-8-4-11(18)16(5-8)10-3-7(14)2-9(15)12(10)13/h2-3,8H,4-5H2,1H3. The van der Waals surface area contributed by atoms with E-state index >= 15 is 0 Å². The highest BCUT2D eigenvalue weighted by Gasteiger charge is 2.33. The van der Waals surface area contributed by atoms with Crippen molar-refractivity contribution in [3.63, 3.8) is 0 Å². The Labute approximate surface area is 121 Å². The van der Waals surface area contributed by atoms with E-state index in [1.807, 2.05) is 0 Å². The lowest BCUT2D eigenvalue weighted by molar-refractivity contribution is -0.117. The molecule has 1 aliphatic rings. The normalized spacial score (nSPS) is 19.1. The lowest BCUT2D eigenvalue weighted by Gasteiger charge is -2.18. The molecule has 1 saturated heterocycles. The highest BCUT2D eigenvalue weighted by molar-refractivity contribution is 9.10. The van der Waals surface area contributed by atoms with Crippen molar-refractivity contribution in [2.45, 2.75) is 18.6 Å². The lowest BCUT2D eigenvalue weighted by atomic mass is 10.2. The zero-order valence-corrected chi connectivity index (χ0v) is 12.4. The highest BCUT2D eigenvalue weighted by atomic mass is 79.9. The summed E-state index contributed by atoms with van der Waals surface area (Å²) in [5.41, 5.74) is 0.161. The minimum Gasteiger partial charge on any atom is -0.310 e. The fourth-order valence-electron chi connectivity index (χ4n) is 1.96. The van der Waals surface area contributed by atoms with Crippen LogP contribution in [0.25, 0.3) is 0 Å². The van der Waals surface area contributed by atoms with Crippen molar-refractivity contribution in [3.8, 4) is 0 Å². The predicted octanol–water partition coefficient (Wildman–Crippen LogP) is 3.11. The van der Waals surface area contributed by atoms with Crippen LogP contribution in [0.3, 0.4) is 0 Å². The lowest BCUT2D eigenvalue weighted by Crippen LogP contribution is -2.25. The maximum Gasteiger partial charge on any atom is 0.228 e. The Morgan fingerprint density at radius 1 is 1.47 bits per heavy atom. The summed E-state index contributed by atoms with van der Waals surface area (Å²) in [5.74, 6) is -1.75. The first kappa shape index (κ1) is 14.5. The van der Waals surface area contributed by atoms with E-state index in [0.717, 1.165) is 23.9 Å². The molecule has 102 valence electrons. The number of anilines is 1. The molecule has 1 heterocycles. The van der Waals surface area contributed by atoms with Gasteiger partial charge in [-0.25, -0.2) is 8.78 Å². The Kier molecular flexibility index (Phi) is 4.25. The summed E-state index contributed by atoms with van der Waals surface area (Å²) < 4.78 is 26.7. The van der Waals surface area contributed by atoms with E-state index in [0.29, 0.717) is 0 Å². The van der Waals surface area contributed by atoms with Gasteiger partial charge in [0.1, 0.15) is 11.6 Å². The Morgan fingerprint density at radius 2 is 2.16 bits per heavy atom. The van der Waals surface area contributed by atoms with Crippen LogP contribution in [0.1, 0.15) is 13.3 Å². The van der Waals surface area contributed by atoms with Crippen LogP contribution in [0.2, 0.25) is 0 Å². The number of hydrogen-bond acceptors (Lipinski definition) is 3. The Morgan fingerprint density at radius 3 is 2.79 bits per heavy atom. The number of amides is 1. The van der Waals surface area contributed by atoms with Gasteiger partial charge in [-0.15, -0.1) is 0 Å². The quantitative estimate of drug-likeness (QED) is 0.770. The van der Waals surface area contributed by atoms with Gasteiger partial charge >= 0.3 is 0 Å². The van der Waals surface area contributed by atoms with E-state index in [1.165, 1.54) is 11.8 Å². The average molecular weight is 350 g/mol. The van der Waals surface area contributed by atoms with Gasteiger partial charge in [0.2, 0.25) is 5.91 Å². The molecular formula is C12H10BrF2NO2S. The van der Waals surface area contributed by atoms with Crippen molar-refractivity contribution in [2.75, 3.05) is 11.4 Å². The molecule has 0 N–H and O–H groups in total. The molecular weight excluding hydrogens is 340 g/mol. The minimum atomic E-state index is -0.759. The van der Waals surface area contributed by atoms with E-state index in [1.54, 1.807) is 0 Å². The molecule has 1 fully saturated rings. The topological polar surface area (TPSA) is 37.4 Å². The molecule has 2 rings (SSSR count). The highest BCUT2D eigenvalue weighted by Crippen LogP contribution is 2.35. The van der Waals surface area contributed by atoms with Gasteiger partial charge in [0.25, 0.3) is 0 Å². The number of carbonyl (C=O) groups is 2. The summed E-state index contributed by atoms with van der Waals surface area (Å²) in [7, 11) is 0. The summed E-state index contributed by atoms with van der Waals surface area (Å²) in [6.45, 7) is 1.69. The van der Waals surface area contributed by atoms with Gasteiger partial charge in [0.05, 0.1) is 10.2 Å². The summed E-state index contributed by atoms with van der Waals surface area (Å²) >= 11 is 4.09. The van der Waals surface area contributed by atoms with Gasteiger partial charge in [-0.1, -0.05) is 11.8 Å². The molecule has 1 atom stereocenters. The van der Waals surface area contributed by atoms with Crippen LogP contribution in [0.15, 0.2) is 16.6 Å². The van der Waals surface area contributed by atoms with Gasteiger partial charge < -0.3 is 4.90 Å². The first-order valence-corrected chi connectivity index (χ1v) is 7.18. The molecule has 0 saturated carbocycles. The Balaban J connectivity index is 2.28. The average Bonchev–Trinajstić information content (AvgIpc) is 2.63. The maximum absolute atomic E-state index is 13.4. The first-order chi connectivity index (χ1) is 8.88. The van der Waals surface area contributed by atoms with Gasteiger partial charge in [-0.2, -0.15) is 0 Å². The molecule has 7 heteroatoms. The van der Waals surface area contributed by atoms with E-state index in [2.05, 4.69) is 15.9 Å². The van der Waals surface area contributed by atoms with Crippen LogP contribution in [0.4, 0.5) is 14.5 Å². The number of carbonyl (C=O) groups excluding carboxylic acids is 2. The van der Waals surface area contributed by atoms with Crippen LogP contribution >= 0.6 is 27.7 Å². The van der Waals surface area contributed by atoms with Crippen LogP contribution in [-0.4, -0.2) is 22.8 Å². The van der Waals surface area contributed by atoms with Crippen molar-refractivity contribution in [1.82, 2.24) is 0 Å². The summed E-state index contributed by atoms with van der Waals surface area (Å²) in [4.78, 5) is 24.2. The van der Waals surface area contributed by atoms with E-state index < -0.39 is 11.6 Å². The summed E-state index contributed by atoms with van der Waals surface area (Å²) in [6.07, 6.45) is 0.189. The van der Waals surface area contributed by atoms with Crippen LogP contribution in [0.5, 0.6) is 0 Å². The maximum atomic E-state index is 13.4. The minimum absolute atomic E-state index is 0.0516. The number of hydrogen-bond donors (Lipinski definition) is 0. The molecule has 1 aliphatic heterocycles. The molecule has 0 spiro atoms. The SMILES string of the molecule is CC(=O)SC1CC(=O)N(c2cc(F)cc(F)c2Br)C1. The van der Waals surface area contributed by atoms with Crippen LogP contribution in [-0.2, 0) is 9.59 Å². The zero-order valence-electron chi connectivity index (χ0n) is 9.95. The third-order valence-electron chi connectivity index (χ3n) is 2.69. The number of nitrogens with zero attached hydrogens (tertiary/aromatic N) is 1. The predicted molar refractivity (Wildman–Crippen MR) is 73.1 cm³/mol. The molecule has 0 aromatic heterocycles. The fourth-order valence-corrected chi connectivity index (χ4v) is 3.32. The second-order valence-corrected chi connectivity index (χ2v) is 6.43. The third kappa shape index (κ3) is 3.14. The number of benzene rings is 1. The first-order valence-electron chi connectivity index (χ1n) is 5.50. The zero-order chi connectivity index (χ0) is 14.2. The van der Waals surface area contributed by atoms with Crippen molar-refractivity contribution in [2.24, 2.45) is 0 Å². The molecule has 1 unspecified atom stereocenters. The molecule has 3 nitrogen and oxygen atoms in total. The van der Waals surface area contributed by atoms with Crippen molar-refractivity contribution in [1.29, 1.82) is 0 Å². The molecule has 0 bridgehead atoms. The van der Waals surface area contributed by atoms with Gasteiger partial charge in [-0.3, -0.25) is 9.59 Å². The van der Waals surface area contributed by atoms with Crippen molar-refractivity contribution in [3.05, 3.63) is 28.2 Å². The monoisotopic (exact) mass is 349 g/mol. The number of rotatable bonds is 2. The Hall–Kier alpha value is -0.950. The summed E-state index contributed by atoms with van der Waals surface area (Å²) in [6, 6.07) is 1.85. The molecule has 19 heavy (non-hydrogen) atoms. The van der Waals surface area contributed by atoms with Crippen molar-refractivity contribution < 1.29 is 18.4 Å². The molecule has 1 amide bonds. The second kappa shape index (κ2) is 5.58. The van der Waals surface area contributed by atoms with E-state index in [9.17, 15) is 18.4 Å². The van der Waals surface area contributed by atoms with E-state index in [4.69, 9.17) is 0 Å².